The molecule has 0 bridgehead atoms. The zero-order valence-corrected chi connectivity index (χ0v) is 13.7. The highest BCUT2D eigenvalue weighted by Gasteiger charge is 2.12. The first-order chi connectivity index (χ1) is 9.06. The van der Waals surface area contributed by atoms with E-state index in [1.165, 1.54) is 0 Å². The number of thioether (sulfide) groups is 1. The average molecular weight is 281 g/mol. The SMILES string of the molecule is CCCNc1cc(SC(C)C(C)C)nc(CCC)n1. The zero-order chi connectivity index (χ0) is 14.3. The highest BCUT2D eigenvalue weighted by Crippen LogP contribution is 2.27. The third-order valence-electron chi connectivity index (χ3n) is 3.02. The monoisotopic (exact) mass is 281 g/mol. The Kier molecular flexibility index (Phi) is 7.21. The molecule has 0 amide bonds. The van der Waals surface area contributed by atoms with Crippen molar-refractivity contribution in [2.75, 3.05) is 11.9 Å². The summed E-state index contributed by atoms with van der Waals surface area (Å²) < 4.78 is 0. The van der Waals surface area contributed by atoms with Crippen molar-refractivity contribution >= 4 is 17.6 Å². The number of nitrogens with one attached hydrogen (secondary N) is 1. The maximum Gasteiger partial charge on any atom is 0.132 e. The van der Waals surface area contributed by atoms with E-state index < -0.39 is 0 Å². The van der Waals surface area contributed by atoms with Gasteiger partial charge in [0.2, 0.25) is 0 Å². The Bertz CT molecular complexity index is 380. The van der Waals surface area contributed by atoms with Gasteiger partial charge in [0.1, 0.15) is 16.7 Å². The molecule has 0 aromatic carbocycles. The smallest absolute Gasteiger partial charge is 0.132 e. The number of aromatic nitrogens is 2. The van der Waals surface area contributed by atoms with Crippen LogP contribution in [0.5, 0.6) is 0 Å². The van der Waals surface area contributed by atoms with E-state index in [0.717, 1.165) is 42.5 Å². The van der Waals surface area contributed by atoms with E-state index in [4.69, 9.17) is 0 Å². The molecule has 1 heterocycles. The Hall–Kier alpha value is -0.770. The molecule has 1 N–H and O–H groups in total. The average Bonchev–Trinajstić information content (AvgIpc) is 2.36. The number of aryl methyl sites for hydroxylation is 1. The molecule has 1 atom stereocenters. The van der Waals surface area contributed by atoms with Crippen LogP contribution in [0, 0.1) is 5.92 Å². The van der Waals surface area contributed by atoms with Crippen molar-refractivity contribution in [3.05, 3.63) is 11.9 Å². The molecule has 19 heavy (non-hydrogen) atoms. The minimum Gasteiger partial charge on any atom is -0.370 e. The number of rotatable bonds is 8. The van der Waals surface area contributed by atoms with E-state index in [9.17, 15) is 0 Å². The third-order valence-corrected chi connectivity index (χ3v) is 4.39. The summed E-state index contributed by atoms with van der Waals surface area (Å²) in [6, 6.07) is 2.08. The summed E-state index contributed by atoms with van der Waals surface area (Å²) in [5.74, 6) is 2.59. The van der Waals surface area contributed by atoms with Gasteiger partial charge in [0.25, 0.3) is 0 Å². The van der Waals surface area contributed by atoms with Crippen LogP contribution in [0.2, 0.25) is 0 Å². The van der Waals surface area contributed by atoms with E-state index in [1.807, 2.05) is 11.8 Å². The standard InChI is InChI=1S/C15H27N3S/c1-6-8-13-17-14(16-9-7-2)10-15(18-13)19-12(5)11(3)4/h10-12H,6-9H2,1-5H3,(H,16,17,18). The van der Waals surface area contributed by atoms with Crippen molar-refractivity contribution in [3.63, 3.8) is 0 Å². The van der Waals surface area contributed by atoms with Crippen molar-refractivity contribution in [2.24, 2.45) is 5.92 Å². The summed E-state index contributed by atoms with van der Waals surface area (Å²) >= 11 is 1.85. The van der Waals surface area contributed by atoms with E-state index in [0.29, 0.717) is 11.2 Å². The lowest BCUT2D eigenvalue weighted by molar-refractivity contribution is 0.641. The van der Waals surface area contributed by atoms with Crippen molar-refractivity contribution in [1.82, 2.24) is 9.97 Å². The quantitative estimate of drug-likeness (QED) is 0.566. The van der Waals surface area contributed by atoms with E-state index >= 15 is 0 Å². The fourth-order valence-electron chi connectivity index (χ4n) is 1.54. The van der Waals surface area contributed by atoms with Crippen LogP contribution in [0.15, 0.2) is 11.1 Å². The number of nitrogens with zero attached hydrogens (tertiary/aromatic N) is 2. The highest BCUT2D eigenvalue weighted by atomic mass is 32.2. The second-order valence-electron chi connectivity index (χ2n) is 5.25. The maximum absolute atomic E-state index is 4.67. The summed E-state index contributed by atoms with van der Waals surface area (Å²) in [6.07, 6.45) is 3.14. The van der Waals surface area contributed by atoms with Gasteiger partial charge >= 0.3 is 0 Å². The Morgan fingerprint density at radius 2 is 1.89 bits per heavy atom. The maximum atomic E-state index is 4.67. The molecule has 0 spiro atoms. The van der Waals surface area contributed by atoms with Gasteiger partial charge in [0, 0.05) is 24.3 Å². The summed E-state index contributed by atoms with van der Waals surface area (Å²) in [4.78, 5) is 9.24. The van der Waals surface area contributed by atoms with E-state index in [1.54, 1.807) is 0 Å². The van der Waals surface area contributed by atoms with E-state index in [-0.39, 0.29) is 0 Å². The molecule has 108 valence electrons. The van der Waals surface area contributed by atoms with Crippen LogP contribution in [0.3, 0.4) is 0 Å². The molecule has 1 aromatic heterocycles. The molecule has 0 aliphatic rings. The minimum absolute atomic E-state index is 0.573. The Morgan fingerprint density at radius 1 is 1.16 bits per heavy atom. The Morgan fingerprint density at radius 3 is 2.47 bits per heavy atom. The largest absolute Gasteiger partial charge is 0.370 e. The molecule has 4 heteroatoms. The van der Waals surface area contributed by atoms with Gasteiger partial charge in [-0.2, -0.15) is 0 Å². The molecule has 0 saturated carbocycles. The molecule has 1 aromatic rings. The van der Waals surface area contributed by atoms with Crippen LogP contribution in [-0.2, 0) is 6.42 Å². The Labute approximate surface area is 122 Å². The van der Waals surface area contributed by atoms with Crippen LogP contribution >= 0.6 is 11.8 Å². The minimum atomic E-state index is 0.573. The summed E-state index contributed by atoms with van der Waals surface area (Å²) in [5.41, 5.74) is 0. The van der Waals surface area contributed by atoms with Gasteiger partial charge < -0.3 is 5.32 Å². The van der Waals surface area contributed by atoms with Crippen LogP contribution in [0.4, 0.5) is 5.82 Å². The molecule has 0 aliphatic carbocycles. The topological polar surface area (TPSA) is 37.8 Å². The fourth-order valence-corrected chi connectivity index (χ4v) is 2.53. The second-order valence-corrected chi connectivity index (χ2v) is 6.65. The van der Waals surface area contributed by atoms with Crippen LogP contribution < -0.4 is 5.32 Å². The van der Waals surface area contributed by atoms with Crippen molar-refractivity contribution < 1.29 is 0 Å². The summed E-state index contributed by atoms with van der Waals surface area (Å²) in [7, 11) is 0. The van der Waals surface area contributed by atoms with Gasteiger partial charge in [-0.25, -0.2) is 9.97 Å². The van der Waals surface area contributed by atoms with Gasteiger partial charge in [0.05, 0.1) is 0 Å². The number of anilines is 1. The van der Waals surface area contributed by atoms with Crippen molar-refractivity contribution in [3.8, 4) is 0 Å². The van der Waals surface area contributed by atoms with Crippen LogP contribution in [0.1, 0.15) is 53.3 Å². The fraction of sp³-hybridized carbons (Fsp3) is 0.733. The zero-order valence-electron chi connectivity index (χ0n) is 12.9. The molecule has 0 aliphatic heterocycles. The van der Waals surface area contributed by atoms with Crippen molar-refractivity contribution in [2.45, 2.75) is 64.2 Å². The van der Waals surface area contributed by atoms with Crippen LogP contribution in [-0.4, -0.2) is 21.8 Å². The molecule has 3 nitrogen and oxygen atoms in total. The predicted molar refractivity (Wildman–Crippen MR) is 85.0 cm³/mol. The third kappa shape index (κ3) is 5.81. The lowest BCUT2D eigenvalue weighted by Crippen LogP contribution is -2.09. The van der Waals surface area contributed by atoms with E-state index in [2.05, 4.69) is 56.0 Å². The molecule has 0 saturated heterocycles. The van der Waals surface area contributed by atoms with Gasteiger partial charge in [-0.15, -0.1) is 11.8 Å². The normalized spacial score (nSPS) is 12.7. The lowest BCUT2D eigenvalue weighted by atomic mass is 10.2. The van der Waals surface area contributed by atoms with Gasteiger partial charge in [-0.1, -0.05) is 34.6 Å². The number of hydrogen-bond acceptors (Lipinski definition) is 4. The summed E-state index contributed by atoms with van der Waals surface area (Å²) in [6.45, 7) is 12.1. The molecule has 1 unspecified atom stereocenters. The molecule has 1 rings (SSSR count). The first-order valence-corrected chi connectivity index (χ1v) is 8.23. The Balaban J connectivity index is 2.85. The number of hydrogen-bond donors (Lipinski definition) is 1. The molecular formula is C15H27N3S. The first kappa shape index (κ1) is 16.3. The van der Waals surface area contributed by atoms with Crippen molar-refractivity contribution in [1.29, 1.82) is 0 Å². The first-order valence-electron chi connectivity index (χ1n) is 7.35. The highest BCUT2D eigenvalue weighted by molar-refractivity contribution is 7.99. The molecular weight excluding hydrogens is 254 g/mol. The molecule has 0 fully saturated rings. The second kappa shape index (κ2) is 8.41. The van der Waals surface area contributed by atoms with Gasteiger partial charge in [0.15, 0.2) is 0 Å². The predicted octanol–water partition coefficient (Wildman–Crippen LogP) is 4.39. The molecule has 0 radical (unpaired) electrons. The van der Waals surface area contributed by atoms with Gasteiger partial charge in [-0.3, -0.25) is 0 Å². The van der Waals surface area contributed by atoms with Crippen LogP contribution in [0.25, 0.3) is 0 Å². The lowest BCUT2D eigenvalue weighted by Gasteiger charge is -2.15. The summed E-state index contributed by atoms with van der Waals surface area (Å²) in [5, 5.41) is 5.04. The van der Waals surface area contributed by atoms with Gasteiger partial charge in [-0.05, 0) is 18.8 Å².